The third kappa shape index (κ3) is 2.25. The van der Waals surface area contributed by atoms with Gasteiger partial charge in [0.25, 0.3) is 0 Å². The van der Waals surface area contributed by atoms with E-state index in [0.29, 0.717) is 12.0 Å². The van der Waals surface area contributed by atoms with Crippen molar-refractivity contribution in [3.8, 4) is 0 Å². The Morgan fingerprint density at radius 1 is 1.20 bits per heavy atom. The zero-order valence-electron chi connectivity index (χ0n) is 12.5. The molecule has 0 amide bonds. The van der Waals surface area contributed by atoms with Crippen LogP contribution in [0.4, 0.5) is 0 Å². The predicted molar refractivity (Wildman–Crippen MR) is 83.0 cm³/mol. The average Bonchev–Trinajstić information content (AvgIpc) is 2.88. The highest BCUT2D eigenvalue weighted by Crippen LogP contribution is 2.40. The van der Waals surface area contributed by atoms with Crippen LogP contribution in [0.2, 0.25) is 0 Å². The van der Waals surface area contributed by atoms with Crippen LogP contribution in [0.3, 0.4) is 0 Å². The van der Waals surface area contributed by atoms with E-state index in [1.54, 1.807) is 0 Å². The Morgan fingerprint density at radius 3 is 2.80 bits per heavy atom. The van der Waals surface area contributed by atoms with E-state index in [1.165, 1.54) is 34.4 Å². The molecular weight excluding hydrogens is 244 g/mol. The summed E-state index contributed by atoms with van der Waals surface area (Å²) >= 11 is 0. The van der Waals surface area contributed by atoms with Gasteiger partial charge in [0.1, 0.15) is 0 Å². The van der Waals surface area contributed by atoms with E-state index in [1.807, 2.05) is 12.3 Å². The number of benzene rings is 1. The maximum atomic E-state index is 4.64. The molecule has 3 rings (SSSR count). The molecule has 1 aromatic heterocycles. The number of hydrogen-bond donors (Lipinski definition) is 1. The number of rotatable bonds is 3. The largest absolute Gasteiger partial charge is 0.312 e. The van der Waals surface area contributed by atoms with Gasteiger partial charge in [0.05, 0.1) is 0 Å². The van der Waals surface area contributed by atoms with Gasteiger partial charge in [-0.15, -0.1) is 0 Å². The number of hydrogen-bond acceptors (Lipinski definition) is 2. The van der Waals surface area contributed by atoms with Crippen LogP contribution in [0.1, 0.15) is 46.3 Å². The Labute approximate surface area is 121 Å². The van der Waals surface area contributed by atoms with E-state index in [2.05, 4.69) is 55.5 Å². The molecule has 1 N–H and O–H groups in total. The van der Waals surface area contributed by atoms with Gasteiger partial charge in [-0.3, -0.25) is 4.98 Å². The van der Waals surface area contributed by atoms with Gasteiger partial charge in [0.2, 0.25) is 0 Å². The monoisotopic (exact) mass is 266 g/mol. The molecule has 104 valence electrons. The Hall–Kier alpha value is -1.67. The highest BCUT2D eigenvalue weighted by atomic mass is 14.9. The highest BCUT2D eigenvalue weighted by Gasteiger charge is 2.31. The topological polar surface area (TPSA) is 24.9 Å². The molecule has 1 heterocycles. The van der Waals surface area contributed by atoms with Gasteiger partial charge < -0.3 is 5.32 Å². The first-order chi connectivity index (χ1) is 9.70. The number of nitrogens with zero attached hydrogens (tertiary/aromatic N) is 1. The van der Waals surface area contributed by atoms with Crippen LogP contribution in [0.25, 0.3) is 0 Å². The molecule has 1 aliphatic rings. The summed E-state index contributed by atoms with van der Waals surface area (Å²) in [7, 11) is 2.06. The van der Waals surface area contributed by atoms with Crippen molar-refractivity contribution in [1.29, 1.82) is 0 Å². The SMILES string of the molecule is CNC(c1ccc(C)c(C)c1)C1CCc2cccnc21. The van der Waals surface area contributed by atoms with Crippen LogP contribution in [0, 0.1) is 13.8 Å². The van der Waals surface area contributed by atoms with E-state index in [-0.39, 0.29) is 0 Å². The molecule has 0 bridgehead atoms. The van der Waals surface area contributed by atoms with Gasteiger partial charge in [0, 0.05) is 23.9 Å². The van der Waals surface area contributed by atoms with Crippen molar-refractivity contribution < 1.29 is 0 Å². The number of aromatic nitrogens is 1. The zero-order chi connectivity index (χ0) is 14.1. The van der Waals surface area contributed by atoms with E-state index < -0.39 is 0 Å². The molecule has 2 unspecified atom stereocenters. The van der Waals surface area contributed by atoms with Crippen LogP contribution >= 0.6 is 0 Å². The molecule has 2 heteroatoms. The van der Waals surface area contributed by atoms with E-state index in [4.69, 9.17) is 0 Å². The van der Waals surface area contributed by atoms with Gasteiger partial charge in [-0.1, -0.05) is 24.3 Å². The fourth-order valence-electron chi connectivity index (χ4n) is 3.33. The second-order valence-corrected chi connectivity index (χ2v) is 5.80. The maximum absolute atomic E-state index is 4.64. The second kappa shape index (κ2) is 5.37. The molecule has 0 fully saturated rings. The van der Waals surface area contributed by atoms with Gasteiger partial charge in [-0.2, -0.15) is 0 Å². The Bertz CT molecular complexity index is 619. The van der Waals surface area contributed by atoms with Gasteiger partial charge >= 0.3 is 0 Å². The molecule has 1 aromatic carbocycles. The molecule has 0 spiro atoms. The minimum atomic E-state index is 0.352. The van der Waals surface area contributed by atoms with E-state index >= 15 is 0 Å². The third-order valence-electron chi connectivity index (χ3n) is 4.61. The fraction of sp³-hybridized carbons (Fsp3) is 0.389. The molecule has 20 heavy (non-hydrogen) atoms. The normalized spacial score (nSPS) is 18.9. The standard InChI is InChI=1S/C18H22N2/c1-12-6-7-15(11-13(12)2)17(19-3)16-9-8-14-5-4-10-20-18(14)16/h4-7,10-11,16-17,19H,8-9H2,1-3H3. The Balaban J connectivity index is 1.97. The summed E-state index contributed by atoms with van der Waals surface area (Å²) in [6, 6.07) is 11.4. The molecule has 0 saturated carbocycles. The lowest BCUT2D eigenvalue weighted by Gasteiger charge is -2.24. The first-order valence-electron chi connectivity index (χ1n) is 7.39. The third-order valence-corrected chi connectivity index (χ3v) is 4.61. The molecule has 0 aliphatic heterocycles. The quantitative estimate of drug-likeness (QED) is 0.916. The summed E-state index contributed by atoms with van der Waals surface area (Å²) in [6.45, 7) is 4.35. The van der Waals surface area contributed by atoms with Gasteiger partial charge in [0.15, 0.2) is 0 Å². The summed E-state index contributed by atoms with van der Waals surface area (Å²) in [5.74, 6) is 0.485. The second-order valence-electron chi connectivity index (χ2n) is 5.80. The summed E-state index contributed by atoms with van der Waals surface area (Å²) in [6.07, 6.45) is 4.26. The van der Waals surface area contributed by atoms with Crippen LogP contribution in [0.15, 0.2) is 36.5 Å². The van der Waals surface area contributed by atoms with Crippen molar-refractivity contribution in [1.82, 2.24) is 10.3 Å². The zero-order valence-corrected chi connectivity index (χ0v) is 12.5. The Kier molecular flexibility index (Phi) is 3.58. The molecule has 0 radical (unpaired) electrons. The number of likely N-dealkylation sites (N-methyl/N-ethyl adjacent to an activating group) is 1. The number of pyridine rings is 1. The number of fused-ring (bicyclic) bond motifs is 1. The van der Waals surface area contributed by atoms with Crippen molar-refractivity contribution in [3.05, 3.63) is 64.5 Å². The molecule has 2 nitrogen and oxygen atoms in total. The van der Waals surface area contributed by atoms with Gasteiger partial charge in [-0.05, 0) is 62.1 Å². The van der Waals surface area contributed by atoms with Crippen molar-refractivity contribution in [2.24, 2.45) is 0 Å². The molecular formula is C18H22N2. The molecule has 0 saturated heterocycles. The highest BCUT2D eigenvalue weighted by molar-refractivity contribution is 5.36. The lowest BCUT2D eigenvalue weighted by molar-refractivity contribution is 0.470. The summed E-state index contributed by atoms with van der Waals surface area (Å²) in [5.41, 5.74) is 6.79. The lowest BCUT2D eigenvalue weighted by Crippen LogP contribution is -2.23. The molecule has 2 aromatic rings. The van der Waals surface area contributed by atoms with Crippen LogP contribution in [-0.2, 0) is 6.42 Å². The fourth-order valence-corrected chi connectivity index (χ4v) is 3.33. The predicted octanol–water partition coefficient (Wildman–Crippen LogP) is 3.69. The Morgan fingerprint density at radius 2 is 2.05 bits per heavy atom. The minimum absolute atomic E-state index is 0.352. The van der Waals surface area contributed by atoms with Crippen molar-refractivity contribution in [2.45, 2.75) is 38.6 Å². The van der Waals surface area contributed by atoms with Crippen molar-refractivity contribution >= 4 is 0 Å². The maximum Gasteiger partial charge on any atom is 0.0485 e. The summed E-state index contributed by atoms with van der Waals surface area (Å²) < 4.78 is 0. The first-order valence-corrected chi connectivity index (χ1v) is 7.39. The molecule has 2 atom stereocenters. The van der Waals surface area contributed by atoms with Crippen LogP contribution in [-0.4, -0.2) is 12.0 Å². The van der Waals surface area contributed by atoms with Crippen molar-refractivity contribution in [3.63, 3.8) is 0 Å². The van der Waals surface area contributed by atoms with Crippen LogP contribution < -0.4 is 5.32 Å². The molecule has 1 aliphatic carbocycles. The first kappa shape index (κ1) is 13.3. The van der Waals surface area contributed by atoms with E-state index in [9.17, 15) is 0 Å². The number of aryl methyl sites for hydroxylation is 3. The van der Waals surface area contributed by atoms with Gasteiger partial charge in [-0.25, -0.2) is 0 Å². The number of nitrogens with one attached hydrogen (secondary N) is 1. The van der Waals surface area contributed by atoms with Crippen LogP contribution in [0.5, 0.6) is 0 Å². The lowest BCUT2D eigenvalue weighted by atomic mass is 9.89. The van der Waals surface area contributed by atoms with E-state index in [0.717, 1.165) is 6.42 Å². The summed E-state index contributed by atoms with van der Waals surface area (Å²) in [4.78, 5) is 4.64. The minimum Gasteiger partial charge on any atom is -0.312 e. The summed E-state index contributed by atoms with van der Waals surface area (Å²) in [5, 5.41) is 3.51. The smallest absolute Gasteiger partial charge is 0.0485 e. The average molecular weight is 266 g/mol. The van der Waals surface area contributed by atoms with Crippen molar-refractivity contribution in [2.75, 3.05) is 7.05 Å².